The van der Waals surface area contributed by atoms with E-state index < -0.39 is 12.6 Å². The zero-order chi connectivity index (χ0) is 24.7. The first-order valence-corrected chi connectivity index (χ1v) is 11.2. The van der Waals surface area contributed by atoms with Gasteiger partial charge in [0.25, 0.3) is 5.91 Å². The molecule has 5 rings (SSSR count). The molecule has 3 aromatic heterocycles. The van der Waals surface area contributed by atoms with Gasteiger partial charge in [-0.1, -0.05) is 11.2 Å². The molecular weight excluding hydrogens is 461 g/mol. The third-order valence-corrected chi connectivity index (χ3v) is 5.90. The Labute approximate surface area is 198 Å². The van der Waals surface area contributed by atoms with E-state index in [1.807, 2.05) is 19.1 Å². The molecule has 0 spiro atoms. The molecule has 4 aromatic rings. The summed E-state index contributed by atoms with van der Waals surface area (Å²) in [4.78, 5) is 21.4. The third kappa shape index (κ3) is 4.84. The number of benzene rings is 1. The average Bonchev–Trinajstić information content (AvgIpc) is 3.33. The summed E-state index contributed by atoms with van der Waals surface area (Å²) in [6.45, 7) is 3.25. The van der Waals surface area contributed by atoms with Crippen LogP contribution in [0.5, 0.6) is 0 Å². The standard InChI is InChI=1S/C24H23F3N6O2/c1-13-9-15(3-6-17(13)23(34)31-16-4-5-16)20-11-29-22-21(28-8-7-24(25,26)27)32-19(12-33(20)22)18-10-30-35-14(18)2/h3,6,9-12,16H,4-5,7-8H2,1-2H3,(H,28,32)(H,31,34). The van der Waals surface area contributed by atoms with E-state index in [0.29, 0.717) is 33.9 Å². The molecule has 11 heteroatoms. The number of fused-ring (bicyclic) bond motifs is 1. The van der Waals surface area contributed by atoms with Crippen LogP contribution < -0.4 is 10.6 Å². The van der Waals surface area contributed by atoms with Gasteiger partial charge in [-0.2, -0.15) is 13.2 Å². The largest absolute Gasteiger partial charge is 0.390 e. The van der Waals surface area contributed by atoms with Gasteiger partial charge in [0.15, 0.2) is 11.5 Å². The summed E-state index contributed by atoms with van der Waals surface area (Å²) in [5.41, 5.74) is 4.39. The fourth-order valence-corrected chi connectivity index (χ4v) is 3.89. The van der Waals surface area contributed by atoms with Gasteiger partial charge in [-0.05, 0) is 44.4 Å². The van der Waals surface area contributed by atoms with Crippen molar-refractivity contribution in [1.82, 2.24) is 24.8 Å². The predicted molar refractivity (Wildman–Crippen MR) is 123 cm³/mol. The molecule has 0 bridgehead atoms. The lowest BCUT2D eigenvalue weighted by Crippen LogP contribution is -2.26. The van der Waals surface area contributed by atoms with E-state index >= 15 is 0 Å². The molecule has 0 radical (unpaired) electrons. The van der Waals surface area contributed by atoms with Crippen LogP contribution in [-0.2, 0) is 0 Å². The molecule has 1 amide bonds. The van der Waals surface area contributed by atoms with Gasteiger partial charge >= 0.3 is 6.18 Å². The van der Waals surface area contributed by atoms with E-state index in [4.69, 9.17) is 4.52 Å². The van der Waals surface area contributed by atoms with Gasteiger partial charge in [-0.25, -0.2) is 9.97 Å². The van der Waals surface area contributed by atoms with Crippen molar-refractivity contribution < 1.29 is 22.5 Å². The van der Waals surface area contributed by atoms with Crippen molar-refractivity contribution in [3.05, 3.63) is 53.7 Å². The molecule has 1 fully saturated rings. The van der Waals surface area contributed by atoms with Crippen LogP contribution in [0.1, 0.15) is 40.9 Å². The van der Waals surface area contributed by atoms with Crippen molar-refractivity contribution in [3.8, 4) is 22.5 Å². The topological polar surface area (TPSA) is 97.3 Å². The van der Waals surface area contributed by atoms with Crippen LogP contribution in [0.15, 0.2) is 41.3 Å². The van der Waals surface area contributed by atoms with Gasteiger partial charge in [0, 0.05) is 29.9 Å². The van der Waals surface area contributed by atoms with Gasteiger partial charge in [0.05, 0.1) is 35.8 Å². The number of hydrogen-bond donors (Lipinski definition) is 2. The number of halogens is 3. The number of imidazole rings is 1. The van der Waals surface area contributed by atoms with E-state index in [1.165, 1.54) is 6.20 Å². The minimum atomic E-state index is -4.29. The minimum Gasteiger partial charge on any atom is -0.367 e. The Kier molecular flexibility index (Phi) is 5.70. The number of aryl methyl sites for hydroxylation is 2. The molecule has 3 heterocycles. The van der Waals surface area contributed by atoms with E-state index in [0.717, 1.165) is 24.0 Å². The number of nitrogens with zero attached hydrogens (tertiary/aromatic N) is 4. The summed E-state index contributed by atoms with van der Waals surface area (Å²) in [7, 11) is 0. The zero-order valence-corrected chi connectivity index (χ0v) is 19.1. The van der Waals surface area contributed by atoms with E-state index in [9.17, 15) is 18.0 Å². The first-order valence-electron chi connectivity index (χ1n) is 11.2. The van der Waals surface area contributed by atoms with Crippen molar-refractivity contribution in [2.24, 2.45) is 0 Å². The second-order valence-electron chi connectivity index (χ2n) is 8.68. The molecule has 1 aliphatic rings. The molecule has 8 nitrogen and oxygen atoms in total. The molecule has 1 saturated carbocycles. The second-order valence-corrected chi connectivity index (χ2v) is 8.68. The normalized spacial score (nSPS) is 13.9. The van der Waals surface area contributed by atoms with Crippen molar-refractivity contribution >= 4 is 17.4 Å². The van der Waals surface area contributed by atoms with Crippen molar-refractivity contribution in [2.45, 2.75) is 45.3 Å². The van der Waals surface area contributed by atoms with Gasteiger partial charge in [-0.3, -0.25) is 9.20 Å². The SMILES string of the molecule is Cc1cc(-c2cnc3c(NCCC(F)(F)F)nc(-c4cnoc4C)cn23)ccc1C(=O)NC1CC1. The van der Waals surface area contributed by atoms with Crippen LogP contribution in [-0.4, -0.2) is 44.2 Å². The molecule has 0 unspecified atom stereocenters. The number of rotatable bonds is 7. The van der Waals surface area contributed by atoms with Crippen LogP contribution >= 0.6 is 0 Å². The smallest absolute Gasteiger partial charge is 0.367 e. The fraction of sp³-hybridized carbons (Fsp3) is 0.333. The minimum absolute atomic E-state index is 0.0970. The predicted octanol–water partition coefficient (Wildman–Crippen LogP) is 4.92. The van der Waals surface area contributed by atoms with E-state index in [-0.39, 0.29) is 24.3 Å². The van der Waals surface area contributed by atoms with Crippen LogP contribution in [0.2, 0.25) is 0 Å². The maximum atomic E-state index is 12.7. The average molecular weight is 484 g/mol. The Morgan fingerprint density at radius 1 is 1.23 bits per heavy atom. The lowest BCUT2D eigenvalue weighted by molar-refractivity contribution is -0.131. The number of amides is 1. The summed E-state index contributed by atoms with van der Waals surface area (Å²) in [5, 5.41) is 9.55. The van der Waals surface area contributed by atoms with Crippen LogP contribution in [0.25, 0.3) is 28.2 Å². The van der Waals surface area contributed by atoms with Gasteiger partial charge in [0.1, 0.15) is 5.76 Å². The number of alkyl halides is 3. The second kappa shape index (κ2) is 8.71. The Balaban J connectivity index is 1.55. The summed E-state index contributed by atoms with van der Waals surface area (Å²) >= 11 is 0. The third-order valence-electron chi connectivity index (χ3n) is 5.90. The Bertz CT molecular complexity index is 1400. The highest BCUT2D eigenvalue weighted by Gasteiger charge is 2.27. The number of aromatic nitrogens is 4. The Morgan fingerprint density at radius 3 is 2.69 bits per heavy atom. The molecule has 0 aliphatic heterocycles. The Morgan fingerprint density at radius 2 is 2.03 bits per heavy atom. The number of carbonyl (C=O) groups is 1. The van der Waals surface area contributed by atoms with E-state index in [1.54, 1.807) is 29.8 Å². The van der Waals surface area contributed by atoms with Crippen LogP contribution in [0.4, 0.5) is 19.0 Å². The first kappa shape index (κ1) is 22.9. The van der Waals surface area contributed by atoms with Crippen molar-refractivity contribution in [3.63, 3.8) is 0 Å². The molecule has 0 saturated heterocycles. The molecular formula is C24H23F3N6O2. The van der Waals surface area contributed by atoms with Crippen LogP contribution in [0.3, 0.4) is 0 Å². The molecule has 182 valence electrons. The quantitative estimate of drug-likeness (QED) is 0.386. The maximum absolute atomic E-state index is 12.7. The Hall–Kier alpha value is -3.89. The lowest BCUT2D eigenvalue weighted by atomic mass is 10.0. The monoisotopic (exact) mass is 484 g/mol. The highest BCUT2D eigenvalue weighted by atomic mass is 19.4. The zero-order valence-electron chi connectivity index (χ0n) is 19.1. The lowest BCUT2D eigenvalue weighted by Gasteiger charge is -2.12. The van der Waals surface area contributed by atoms with Crippen molar-refractivity contribution in [1.29, 1.82) is 0 Å². The van der Waals surface area contributed by atoms with Crippen molar-refractivity contribution in [2.75, 3.05) is 11.9 Å². The van der Waals surface area contributed by atoms with Gasteiger partial charge in [0.2, 0.25) is 0 Å². The maximum Gasteiger partial charge on any atom is 0.390 e. The summed E-state index contributed by atoms with van der Waals surface area (Å²) < 4.78 is 45.1. The first-order chi connectivity index (χ1) is 16.7. The molecule has 2 N–H and O–H groups in total. The van der Waals surface area contributed by atoms with Gasteiger partial charge in [-0.15, -0.1) is 0 Å². The van der Waals surface area contributed by atoms with Crippen LogP contribution in [0, 0.1) is 13.8 Å². The highest BCUT2D eigenvalue weighted by Crippen LogP contribution is 2.30. The van der Waals surface area contributed by atoms with Gasteiger partial charge < -0.3 is 15.2 Å². The molecule has 1 aliphatic carbocycles. The fourth-order valence-electron chi connectivity index (χ4n) is 3.89. The molecule has 1 aromatic carbocycles. The number of hydrogen-bond acceptors (Lipinski definition) is 6. The summed E-state index contributed by atoms with van der Waals surface area (Å²) in [5.74, 6) is 0.651. The summed E-state index contributed by atoms with van der Waals surface area (Å²) in [6.07, 6.45) is 1.60. The molecule has 0 atom stereocenters. The molecule has 35 heavy (non-hydrogen) atoms. The van der Waals surface area contributed by atoms with E-state index in [2.05, 4.69) is 25.8 Å². The number of nitrogens with one attached hydrogen (secondary N) is 2. The number of anilines is 1. The number of carbonyl (C=O) groups excluding carboxylic acids is 1. The highest BCUT2D eigenvalue weighted by molar-refractivity contribution is 5.96. The summed E-state index contributed by atoms with van der Waals surface area (Å²) in [6, 6.07) is 5.76.